The molecule has 7 nitrogen and oxygen atoms in total. The average molecular weight is 354 g/mol. The number of aromatic nitrogens is 2. The topological polar surface area (TPSA) is 88.3 Å². The molecule has 3 heterocycles. The maximum Gasteiger partial charge on any atom is 0.259 e. The Morgan fingerprint density at radius 1 is 1.23 bits per heavy atom. The SMILES string of the molecule is Cc1noc(C)c1C(=O)N1CCC2(CC1)CC2NC(=O)c1ccncc1. The molecule has 0 bridgehead atoms. The fourth-order valence-corrected chi connectivity index (χ4v) is 3.95. The van der Waals surface area contributed by atoms with E-state index >= 15 is 0 Å². The molecule has 26 heavy (non-hydrogen) atoms. The van der Waals surface area contributed by atoms with Gasteiger partial charge in [0, 0.05) is 37.1 Å². The third-order valence-corrected chi connectivity index (χ3v) is 5.73. The second-order valence-corrected chi connectivity index (χ2v) is 7.32. The molecule has 4 rings (SSSR count). The second kappa shape index (κ2) is 6.23. The van der Waals surface area contributed by atoms with Gasteiger partial charge in [0.2, 0.25) is 0 Å². The molecule has 1 saturated carbocycles. The minimum Gasteiger partial charge on any atom is -0.361 e. The number of hydrogen-bond donors (Lipinski definition) is 1. The molecule has 2 aliphatic rings. The van der Waals surface area contributed by atoms with Gasteiger partial charge in [0.05, 0.1) is 5.69 Å². The first-order chi connectivity index (χ1) is 12.5. The fourth-order valence-electron chi connectivity index (χ4n) is 3.95. The summed E-state index contributed by atoms with van der Waals surface area (Å²) in [7, 11) is 0. The van der Waals surface area contributed by atoms with Gasteiger partial charge in [0.25, 0.3) is 11.8 Å². The summed E-state index contributed by atoms with van der Waals surface area (Å²) in [6, 6.07) is 3.63. The zero-order chi connectivity index (χ0) is 18.3. The van der Waals surface area contributed by atoms with Crippen LogP contribution in [0.4, 0.5) is 0 Å². The van der Waals surface area contributed by atoms with E-state index < -0.39 is 0 Å². The van der Waals surface area contributed by atoms with Gasteiger partial charge in [-0.2, -0.15) is 0 Å². The molecule has 1 atom stereocenters. The van der Waals surface area contributed by atoms with Crippen molar-refractivity contribution >= 4 is 11.8 Å². The minimum atomic E-state index is -0.0523. The Morgan fingerprint density at radius 3 is 2.54 bits per heavy atom. The summed E-state index contributed by atoms with van der Waals surface area (Å²) in [6.45, 7) is 4.96. The van der Waals surface area contributed by atoms with Crippen LogP contribution in [0.3, 0.4) is 0 Å². The lowest BCUT2D eigenvalue weighted by Gasteiger charge is -2.33. The molecular weight excluding hydrogens is 332 g/mol. The van der Waals surface area contributed by atoms with E-state index in [-0.39, 0.29) is 23.3 Å². The lowest BCUT2D eigenvalue weighted by Crippen LogP contribution is -2.42. The van der Waals surface area contributed by atoms with Crippen molar-refractivity contribution in [2.75, 3.05) is 13.1 Å². The Morgan fingerprint density at radius 2 is 1.92 bits per heavy atom. The van der Waals surface area contributed by atoms with Crippen molar-refractivity contribution < 1.29 is 14.1 Å². The third-order valence-electron chi connectivity index (χ3n) is 5.73. The van der Waals surface area contributed by atoms with Gasteiger partial charge in [-0.1, -0.05) is 5.16 Å². The van der Waals surface area contributed by atoms with Crippen molar-refractivity contribution in [1.82, 2.24) is 20.4 Å². The molecule has 1 aliphatic heterocycles. The maximum absolute atomic E-state index is 12.7. The van der Waals surface area contributed by atoms with E-state index in [1.54, 1.807) is 38.4 Å². The first kappa shape index (κ1) is 16.8. The van der Waals surface area contributed by atoms with Gasteiger partial charge in [-0.05, 0) is 50.7 Å². The van der Waals surface area contributed by atoms with Gasteiger partial charge < -0.3 is 14.7 Å². The summed E-state index contributed by atoms with van der Waals surface area (Å²) < 4.78 is 5.11. The second-order valence-electron chi connectivity index (χ2n) is 7.32. The number of piperidine rings is 1. The summed E-state index contributed by atoms with van der Waals surface area (Å²) in [5, 5.41) is 7.00. The van der Waals surface area contributed by atoms with Crippen molar-refractivity contribution in [1.29, 1.82) is 0 Å². The van der Waals surface area contributed by atoms with Crippen LogP contribution in [0, 0.1) is 19.3 Å². The van der Waals surface area contributed by atoms with Crippen LogP contribution >= 0.6 is 0 Å². The number of carbonyl (C=O) groups excluding carboxylic acids is 2. The molecular formula is C19H22N4O3. The number of rotatable bonds is 3. The number of carbonyl (C=O) groups is 2. The highest BCUT2D eigenvalue weighted by Gasteiger charge is 2.56. The van der Waals surface area contributed by atoms with Gasteiger partial charge in [-0.25, -0.2) is 0 Å². The molecule has 7 heteroatoms. The highest BCUT2D eigenvalue weighted by molar-refractivity contribution is 5.96. The van der Waals surface area contributed by atoms with E-state index in [0.29, 0.717) is 35.7 Å². The van der Waals surface area contributed by atoms with Crippen LogP contribution in [0.15, 0.2) is 29.0 Å². The largest absolute Gasteiger partial charge is 0.361 e. The Labute approximate surface area is 151 Å². The van der Waals surface area contributed by atoms with E-state index in [2.05, 4.69) is 15.5 Å². The number of amides is 2. The molecule has 1 saturated heterocycles. The van der Waals surface area contributed by atoms with Crippen LogP contribution < -0.4 is 5.32 Å². The fraction of sp³-hybridized carbons (Fsp3) is 0.474. The van der Waals surface area contributed by atoms with E-state index in [4.69, 9.17) is 4.52 Å². The van der Waals surface area contributed by atoms with Crippen molar-refractivity contribution in [3.8, 4) is 0 Å². The molecule has 0 radical (unpaired) electrons. The minimum absolute atomic E-state index is 0.00544. The van der Waals surface area contributed by atoms with Crippen molar-refractivity contribution in [2.24, 2.45) is 5.41 Å². The summed E-state index contributed by atoms with van der Waals surface area (Å²) in [4.78, 5) is 30.8. The molecule has 2 aromatic rings. The molecule has 2 aromatic heterocycles. The normalized spacial score (nSPS) is 20.8. The molecule has 1 spiro atoms. The Bertz CT molecular complexity index is 818. The van der Waals surface area contributed by atoms with E-state index in [0.717, 1.165) is 19.3 Å². The zero-order valence-electron chi connectivity index (χ0n) is 15.0. The third kappa shape index (κ3) is 2.87. The summed E-state index contributed by atoms with van der Waals surface area (Å²) in [6.07, 6.45) is 6.04. The van der Waals surface area contributed by atoms with E-state index in [1.807, 2.05) is 4.90 Å². The van der Waals surface area contributed by atoms with Crippen LogP contribution in [0.1, 0.15) is 51.4 Å². The predicted octanol–water partition coefficient (Wildman–Crippen LogP) is 2.11. The van der Waals surface area contributed by atoms with Gasteiger partial charge in [-0.15, -0.1) is 0 Å². The van der Waals surface area contributed by atoms with E-state index in [1.165, 1.54) is 0 Å². The first-order valence-electron chi connectivity index (χ1n) is 8.93. The highest BCUT2D eigenvalue weighted by Crippen LogP contribution is 2.54. The summed E-state index contributed by atoms with van der Waals surface area (Å²) in [5.74, 6) is 0.513. The summed E-state index contributed by atoms with van der Waals surface area (Å²) in [5.41, 5.74) is 1.99. The van der Waals surface area contributed by atoms with E-state index in [9.17, 15) is 9.59 Å². The molecule has 2 fully saturated rings. The van der Waals surface area contributed by atoms with Crippen molar-refractivity contribution in [2.45, 2.75) is 39.2 Å². The maximum atomic E-state index is 12.7. The zero-order valence-corrected chi connectivity index (χ0v) is 15.0. The van der Waals surface area contributed by atoms with Crippen molar-refractivity contribution in [3.63, 3.8) is 0 Å². The number of nitrogens with zero attached hydrogens (tertiary/aromatic N) is 3. The van der Waals surface area contributed by atoms with Crippen LogP contribution in [0.25, 0.3) is 0 Å². The number of hydrogen-bond acceptors (Lipinski definition) is 5. The molecule has 136 valence electrons. The first-order valence-corrected chi connectivity index (χ1v) is 8.93. The van der Waals surface area contributed by atoms with Gasteiger partial charge in [0.15, 0.2) is 0 Å². The van der Waals surface area contributed by atoms with Gasteiger partial charge in [-0.3, -0.25) is 14.6 Å². The smallest absolute Gasteiger partial charge is 0.259 e. The molecule has 1 aliphatic carbocycles. The lowest BCUT2D eigenvalue weighted by molar-refractivity contribution is 0.0665. The molecule has 1 N–H and O–H groups in total. The molecule has 2 amide bonds. The number of likely N-dealkylation sites (tertiary alicyclic amines) is 1. The predicted molar refractivity (Wildman–Crippen MR) is 93.7 cm³/mol. The quantitative estimate of drug-likeness (QED) is 0.912. The number of nitrogens with one attached hydrogen (secondary N) is 1. The lowest BCUT2D eigenvalue weighted by atomic mass is 9.92. The van der Waals surface area contributed by atoms with Crippen LogP contribution in [-0.4, -0.2) is 46.0 Å². The van der Waals surface area contributed by atoms with Gasteiger partial charge >= 0.3 is 0 Å². The standard InChI is InChI=1S/C19H22N4O3/c1-12-16(13(2)26-22-12)18(25)23-9-5-19(6-10-23)11-15(19)21-17(24)14-3-7-20-8-4-14/h3-4,7-8,15H,5-6,9-11H2,1-2H3,(H,21,24). The molecule has 0 aromatic carbocycles. The molecule has 1 unspecified atom stereocenters. The Hall–Kier alpha value is -2.70. The summed E-state index contributed by atoms with van der Waals surface area (Å²) >= 11 is 0. The van der Waals surface area contributed by atoms with Gasteiger partial charge in [0.1, 0.15) is 11.3 Å². The van der Waals surface area contributed by atoms with Crippen LogP contribution in [0.5, 0.6) is 0 Å². The number of pyridine rings is 1. The average Bonchev–Trinajstić information content (AvgIpc) is 3.19. The van der Waals surface area contributed by atoms with Crippen LogP contribution in [-0.2, 0) is 0 Å². The number of aryl methyl sites for hydroxylation is 2. The van der Waals surface area contributed by atoms with Crippen LogP contribution in [0.2, 0.25) is 0 Å². The monoisotopic (exact) mass is 354 g/mol. The highest BCUT2D eigenvalue weighted by atomic mass is 16.5. The van der Waals surface area contributed by atoms with Crippen molar-refractivity contribution in [3.05, 3.63) is 47.1 Å². The Kier molecular flexibility index (Phi) is 4.01. The Balaban J connectivity index is 1.35.